The molecular weight excluding hydrogens is 344 g/mol. The summed E-state index contributed by atoms with van der Waals surface area (Å²) in [5.41, 5.74) is 6.67. The van der Waals surface area contributed by atoms with E-state index in [1.165, 1.54) is 21.1 Å². The first-order valence-electron chi connectivity index (χ1n) is 7.86. The molecule has 0 fully saturated rings. The average Bonchev–Trinajstić information content (AvgIpc) is 2.56. The fourth-order valence-electron chi connectivity index (χ4n) is 2.45. The lowest BCUT2D eigenvalue weighted by Gasteiger charge is -2.23. The Morgan fingerprint density at radius 3 is 2.32 bits per heavy atom. The van der Waals surface area contributed by atoms with Crippen LogP contribution in [0.15, 0.2) is 0 Å². The number of aromatic nitrogens is 2. The first kappa shape index (κ1) is 19.1. The maximum atomic E-state index is 11.7. The zero-order valence-electron chi connectivity index (χ0n) is 15.3. The van der Waals surface area contributed by atoms with Crippen LogP contribution in [-0.2, 0) is 10.2 Å². The van der Waals surface area contributed by atoms with Gasteiger partial charge in [-0.25, -0.2) is 9.97 Å². The molecule has 3 N–H and O–H groups in total. The van der Waals surface area contributed by atoms with Gasteiger partial charge in [0.25, 0.3) is 0 Å². The van der Waals surface area contributed by atoms with Gasteiger partial charge in [-0.3, -0.25) is 4.79 Å². The number of carbonyl (C=O) groups is 1. The first-order chi connectivity index (χ1) is 11.7. The molecule has 136 valence electrons. The molecule has 0 aliphatic carbocycles. The molecule has 0 saturated heterocycles. The van der Waals surface area contributed by atoms with Crippen molar-refractivity contribution < 1.29 is 14.3 Å². The van der Waals surface area contributed by atoms with E-state index in [9.17, 15) is 4.79 Å². The molecule has 8 heteroatoms. The number of amides is 1. The number of nitrogens with two attached hydrogens (primary N) is 1. The van der Waals surface area contributed by atoms with E-state index in [4.69, 9.17) is 26.8 Å². The summed E-state index contributed by atoms with van der Waals surface area (Å²) in [7, 11) is 2.92. The van der Waals surface area contributed by atoms with E-state index in [1.807, 2.05) is 20.8 Å². The van der Waals surface area contributed by atoms with Crippen LogP contribution in [0.2, 0.25) is 5.02 Å². The average molecular weight is 367 g/mol. The van der Waals surface area contributed by atoms with Gasteiger partial charge in [-0.1, -0.05) is 32.4 Å². The number of halogens is 1. The molecule has 0 bridgehead atoms. The first-order valence-corrected chi connectivity index (χ1v) is 8.24. The largest absolute Gasteiger partial charge is 0.491 e. The minimum atomic E-state index is -0.290. The predicted molar refractivity (Wildman–Crippen MR) is 99.7 cm³/mol. The van der Waals surface area contributed by atoms with Gasteiger partial charge < -0.3 is 20.5 Å². The maximum absolute atomic E-state index is 11.7. The van der Waals surface area contributed by atoms with Crippen molar-refractivity contribution in [2.75, 3.05) is 25.3 Å². The van der Waals surface area contributed by atoms with Crippen LogP contribution in [-0.4, -0.2) is 30.1 Å². The Hall–Kier alpha value is -2.28. The van der Waals surface area contributed by atoms with Gasteiger partial charge in [-0.2, -0.15) is 0 Å². The van der Waals surface area contributed by atoms with Gasteiger partial charge in [-0.15, -0.1) is 0 Å². The summed E-state index contributed by atoms with van der Waals surface area (Å²) in [4.78, 5) is 20.7. The molecule has 0 saturated carbocycles. The second-order valence-corrected chi connectivity index (χ2v) is 6.71. The minimum Gasteiger partial charge on any atom is -0.491 e. The number of fused-ring (bicyclic) bond motifs is 1. The van der Waals surface area contributed by atoms with Crippen molar-refractivity contribution in [2.45, 2.75) is 39.5 Å². The van der Waals surface area contributed by atoms with Crippen LogP contribution in [0.1, 0.15) is 39.9 Å². The van der Waals surface area contributed by atoms with Crippen LogP contribution in [0.25, 0.3) is 10.9 Å². The van der Waals surface area contributed by atoms with E-state index in [0.717, 1.165) is 6.42 Å². The van der Waals surface area contributed by atoms with Gasteiger partial charge in [0.1, 0.15) is 27.9 Å². The van der Waals surface area contributed by atoms with E-state index >= 15 is 0 Å². The summed E-state index contributed by atoms with van der Waals surface area (Å²) in [5.74, 6) is 1.05. The summed E-state index contributed by atoms with van der Waals surface area (Å²) in [6, 6.07) is 0. The third-order valence-corrected chi connectivity index (χ3v) is 4.58. The number of nitrogen functional groups attached to an aromatic ring is 1. The highest BCUT2D eigenvalue weighted by Crippen LogP contribution is 2.48. The zero-order valence-corrected chi connectivity index (χ0v) is 16.0. The molecule has 1 aromatic heterocycles. The standard InChI is InChI=1S/C17H23ClN4O3/c1-7-17(3,4)16-21-11-9(15(19)22-16)12(20-8(2)23)14(25-6)13(24-5)10(11)18/h7H2,1-6H3,(H,20,23)(H2,19,21,22). The van der Waals surface area contributed by atoms with Crippen molar-refractivity contribution in [3.63, 3.8) is 0 Å². The smallest absolute Gasteiger partial charge is 0.221 e. The molecule has 7 nitrogen and oxygen atoms in total. The molecule has 0 unspecified atom stereocenters. The third kappa shape index (κ3) is 3.28. The van der Waals surface area contributed by atoms with Crippen molar-refractivity contribution in [1.82, 2.24) is 9.97 Å². The van der Waals surface area contributed by atoms with Crippen LogP contribution in [0.4, 0.5) is 11.5 Å². The van der Waals surface area contributed by atoms with E-state index in [2.05, 4.69) is 15.3 Å². The van der Waals surface area contributed by atoms with E-state index in [0.29, 0.717) is 22.4 Å². The Balaban J connectivity index is 2.98. The van der Waals surface area contributed by atoms with Crippen molar-refractivity contribution >= 4 is 39.9 Å². The molecule has 2 rings (SSSR count). The second kappa shape index (κ2) is 6.92. The number of methoxy groups -OCH3 is 2. The number of nitrogens with one attached hydrogen (secondary N) is 1. The van der Waals surface area contributed by atoms with E-state index in [1.54, 1.807) is 0 Å². The number of rotatable bonds is 5. The molecule has 0 aliphatic rings. The monoisotopic (exact) mass is 366 g/mol. The van der Waals surface area contributed by atoms with Crippen molar-refractivity contribution in [2.24, 2.45) is 0 Å². The Morgan fingerprint density at radius 1 is 1.24 bits per heavy atom. The molecule has 0 radical (unpaired) electrons. The highest BCUT2D eigenvalue weighted by molar-refractivity contribution is 6.38. The second-order valence-electron chi connectivity index (χ2n) is 6.33. The van der Waals surface area contributed by atoms with Gasteiger partial charge >= 0.3 is 0 Å². The highest BCUT2D eigenvalue weighted by atomic mass is 35.5. The number of carbonyl (C=O) groups excluding carboxylic acids is 1. The Morgan fingerprint density at radius 2 is 1.84 bits per heavy atom. The Kier molecular flexibility index (Phi) is 5.27. The summed E-state index contributed by atoms with van der Waals surface area (Å²) >= 11 is 6.51. The molecule has 0 spiro atoms. The van der Waals surface area contributed by atoms with Crippen LogP contribution >= 0.6 is 11.6 Å². The lowest BCUT2D eigenvalue weighted by atomic mass is 9.89. The van der Waals surface area contributed by atoms with Crippen molar-refractivity contribution in [3.8, 4) is 11.5 Å². The number of hydrogen-bond acceptors (Lipinski definition) is 6. The maximum Gasteiger partial charge on any atom is 0.221 e. The Bertz CT molecular complexity index is 837. The lowest BCUT2D eigenvalue weighted by Crippen LogP contribution is -2.21. The third-order valence-electron chi connectivity index (χ3n) is 4.23. The fraction of sp³-hybridized carbons (Fsp3) is 0.471. The van der Waals surface area contributed by atoms with E-state index in [-0.39, 0.29) is 33.7 Å². The predicted octanol–water partition coefficient (Wildman–Crippen LogP) is 3.53. The van der Waals surface area contributed by atoms with Gasteiger partial charge in [0.15, 0.2) is 11.5 Å². The molecule has 1 amide bonds. The zero-order chi connectivity index (χ0) is 18.9. The topological polar surface area (TPSA) is 99.4 Å². The van der Waals surface area contributed by atoms with Crippen molar-refractivity contribution in [3.05, 3.63) is 10.8 Å². The molecular formula is C17H23ClN4O3. The van der Waals surface area contributed by atoms with Gasteiger partial charge in [0, 0.05) is 12.3 Å². The molecule has 0 atom stereocenters. The SMILES string of the molecule is CCC(C)(C)c1nc(N)c2c(NC(C)=O)c(OC)c(OC)c(Cl)c2n1. The number of anilines is 2. The molecule has 1 heterocycles. The van der Waals surface area contributed by atoms with Gasteiger partial charge in [-0.05, 0) is 6.42 Å². The number of hydrogen-bond donors (Lipinski definition) is 2. The minimum absolute atomic E-state index is 0.216. The van der Waals surface area contributed by atoms with Crippen LogP contribution in [0.5, 0.6) is 11.5 Å². The Labute approximate surface area is 151 Å². The highest BCUT2D eigenvalue weighted by Gasteiger charge is 2.28. The number of nitrogens with zero attached hydrogens (tertiary/aromatic N) is 2. The summed E-state index contributed by atoms with van der Waals surface area (Å²) in [5, 5.41) is 3.40. The van der Waals surface area contributed by atoms with E-state index < -0.39 is 0 Å². The molecule has 0 aliphatic heterocycles. The van der Waals surface area contributed by atoms with Crippen LogP contribution in [0.3, 0.4) is 0 Å². The lowest BCUT2D eigenvalue weighted by molar-refractivity contribution is -0.114. The van der Waals surface area contributed by atoms with Gasteiger partial charge in [0.2, 0.25) is 5.91 Å². The van der Waals surface area contributed by atoms with Gasteiger partial charge in [0.05, 0.1) is 19.6 Å². The summed E-state index contributed by atoms with van der Waals surface area (Å²) in [6.07, 6.45) is 0.821. The number of ether oxygens (including phenoxy) is 2. The quantitative estimate of drug-likeness (QED) is 0.839. The fourth-order valence-corrected chi connectivity index (χ4v) is 2.75. The number of benzene rings is 1. The molecule has 25 heavy (non-hydrogen) atoms. The molecule has 2 aromatic rings. The van der Waals surface area contributed by atoms with Crippen molar-refractivity contribution in [1.29, 1.82) is 0 Å². The van der Waals surface area contributed by atoms with Crippen LogP contribution < -0.4 is 20.5 Å². The summed E-state index contributed by atoms with van der Waals surface area (Å²) in [6.45, 7) is 7.48. The van der Waals surface area contributed by atoms with Crippen LogP contribution in [0, 0.1) is 0 Å². The normalized spacial score (nSPS) is 11.5. The summed E-state index contributed by atoms with van der Waals surface area (Å²) < 4.78 is 10.8. The molecule has 1 aromatic carbocycles.